The zero-order valence-electron chi connectivity index (χ0n) is 53.2. The van der Waals surface area contributed by atoms with Gasteiger partial charge in [-0.05, 0) is 142 Å². The Morgan fingerprint density at radius 2 is 1.56 bits per heavy atom. The molecule has 0 unspecified atom stereocenters. The largest absolute Gasteiger partial charge is 0.491 e. The topological polar surface area (TPSA) is 255 Å². The lowest BCUT2D eigenvalue weighted by Crippen LogP contribution is -2.62. The van der Waals surface area contributed by atoms with Gasteiger partial charge in [-0.1, -0.05) is 63.2 Å². The maximum Gasteiger partial charge on any atom is 0.416 e. The van der Waals surface area contributed by atoms with Gasteiger partial charge in [0.1, 0.15) is 42.1 Å². The number of aryl methyl sites for hydroxylation is 1. The van der Waals surface area contributed by atoms with Crippen molar-refractivity contribution in [1.82, 2.24) is 45.9 Å². The van der Waals surface area contributed by atoms with Gasteiger partial charge in [0.25, 0.3) is 12.3 Å². The number of benzene rings is 3. The Morgan fingerprint density at radius 3 is 2.26 bits per heavy atom. The van der Waals surface area contributed by atoms with E-state index in [2.05, 4.69) is 53.8 Å². The van der Waals surface area contributed by atoms with Crippen LogP contribution < -0.4 is 36.2 Å². The number of hydrogen-bond acceptors (Lipinski definition) is 16. The molecule has 4 heterocycles. The molecular weight excluding hydrogens is 1170 g/mol. The van der Waals surface area contributed by atoms with Crippen molar-refractivity contribution < 1.29 is 60.9 Å². The summed E-state index contributed by atoms with van der Waals surface area (Å²) in [6.07, 6.45) is 5.41. The van der Waals surface area contributed by atoms with Crippen LogP contribution in [0.4, 0.5) is 25.1 Å². The highest BCUT2D eigenvalue weighted by atomic mass is 19.3. The number of nitrogens with zero attached hydrogens (tertiary/aromatic N) is 6. The SMILES string of the molecule is CN[C@@H](C)C(=O)N[C@H](C(=O)N1Cc2cc(OCCOCCOCCOCCNCc3ccc(-n4cc(NC(=O)c5coc(-c6ccnc(N(CC7CC7)C(=O)OC(C)(C)C)c6)n5)c(C(F)F)n4)cc3)ccc2C[C@H]1C(=O)N[C@@H]1CCCc2ccccc21)C(C)(C)C. The minimum absolute atomic E-state index is 0.0641. The molecule has 3 aromatic carbocycles. The van der Waals surface area contributed by atoms with Crippen molar-refractivity contribution in [3.05, 3.63) is 137 Å². The van der Waals surface area contributed by atoms with Gasteiger partial charge in [-0.25, -0.2) is 28.2 Å². The molecule has 488 valence electrons. The molecule has 2 aliphatic carbocycles. The number of carbonyl (C=O) groups excluding carboxylic acids is 5. The molecule has 4 atom stereocenters. The molecule has 5 N–H and O–H groups in total. The highest BCUT2D eigenvalue weighted by Gasteiger charge is 2.43. The molecule has 0 bridgehead atoms. The number of nitrogens with one attached hydrogen (secondary N) is 5. The van der Waals surface area contributed by atoms with Crippen LogP contribution >= 0.6 is 0 Å². The number of anilines is 2. The summed E-state index contributed by atoms with van der Waals surface area (Å²) in [5.41, 5.74) is 3.66. The van der Waals surface area contributed by atoms with E-state index in [9.17, 15) is 32.8 Å². The van der Waals surface area contributed by atoms with Crippen LogP contribution in [0.2, 0.25) is 0 Å². The third-order valence-corrected chi connectivity index (χ3v) is 16.0. The van der Waals surface area contributed by atoms with Gasteiger partial charge in [-0.2, -0.15) is 5.10 Å². The van der Waals surface area contributed by atoms with Crippen molar-refractivity contribution in [3.8, 4) is 22.9 Å². The van der Waals surface area contributed by atoms with E-state index in [4.69, 9.17) is 28.1 Å². The first-order valence-corrected chi connectivity index (χ1v) is 31.2. The predicted molar refractivity (Wildman–Crippen MR) is 337 cm³/mol. The van der Waals surface area contributed by atoms with E-state index in [0.717, 1.165) is 60.6 Å². The molecule has 0 radical (unpaired) electrons. The van der Waals surface area contributed by atoms with Gasteiger partial charge in [0.15, 0.2) is 11.4 Å². The first-order chi connectivity index (χ1) is 43.6. The van der Waals surface area contributed by atoms with E-state index in [1.165, 1.54) is 27.5 Å². The highest BCUT2D eigenvalue weighted by Crippen LogP contribution is 2.36. The lowest BCUT2D eigenvalue weighted by Gasteiger charge is -2.41. The zero-order valence-corrected chi connectivity index (χ0v) is 53.2. The Kier molecular flexibility index (Phi) is 22.7. The van der Waals surface area contributed by atoms with Crippen molar-refractivity contribution in [2.24, 2.45) is 11.3 Å². The monoisotopic (exact) mass is 1260 g/mol. The van der Waals surface area contributed by atoms with E-state index in [-0.39, 0.29) is 54.2 Å². The van der Waals surface area contributed by atoms with E-state index < -0.39 is 53.3 Å². The Bertz CT molecular complexity index is 3450. The number of fused-ring (bicyclic) bond motifs is 2. The molecule has 24 heteroatoms. The normalized spacial score (nSPS) is 16.3. The van der Waals surface area contributed by atoms with Crippen molar-refractivity contribution in [2.75, 3.05) is 76.6 Å². The predicted octanol–water partition coefficient (Wildman–Crippen LogP) is 9.07. The van der Waals surface area contributed by atoms with Crippen LogP contribution in [0.15, 0.2) is 102 Å². The molecule has 1 aliphatic heterocycles. The smallest absolute Gasteiger partial charge is 0.416 e. The minimum atomic E-state index is -2.99. The molecule has 1 fully saturated rings. The van der Waals surface area contributed by atoms with Crippen LogP contribution in [0.5, 0.6) is 5.75 Å². The molecule has 0 saturated heterocycles. The fourth-order valence-corrected chi connectivity index (χ4v) is 10.7. The van der Waals surface area contributed by atoms with E-state index in [1.54, 1.807) is 63.9 Å². The molecule has 5 amide bonds. The van der Waals surface area contributed by atoms with Crippen LogP contribution in [-0.2, 0) is 59.3 Å². The van der Waals surface area contributed by atoms with Gasteiger partial charge < -0.3 is 59.6 Å². The second-order valence-corrected chi connectivity index (χ2v) is 25.2. The van der Waals surface area contributed by atoms with Crippen LogP contribution in [0.1, 0.15) is 131 Å². The van der Waals surface area contributed by atoms with E-state index >= 15 is 0 Å². The maximum atomic E-state index is 14.7. The van der Waals surface area contributed by atoms with Crippen LogP contribution in [0, 0.1) is 11.3 Å². The summed E-state index contributed by atoms with van der Waals surface area (Å²) < 4.78 is 64.4. The first-order valence-electron chi connectivity index (χ1n) is 31.2. The number of alkyl halides is 2. The molecule has 9 rings (SSSR count). The number of halogens is 2. The van der Waals surface area contributed by atoms with Crippen molar-refractivity contribution in [2.45, 2.75) is 136 Å². The number of hydrogen-bond donors (Lipinski definition) is 5. The Morgan fingerprint density at radius 1 is 0.835 bits per heavy atom. The third kappa shape index (κ3) is 18.5. The fraction of sp³-hybridized carbons (Fsp3) is 0.493. The van der Waals surface area contributed by atoms with Crippen molar-refractivity contribution in [1.29, 1.82) is 0 Å². The second kappa shape index (κ2) is 30.8. The Hall–Kier alpha value is -8.16. The highest BCUT2D eigenvalue weighted by molar-refractivity contribution is 6.03. The quantitative estimate of drug-likeness (QED) is 0.0275. The number of pyridine rings is 1. The van der Waals surface area contributed by atoms with Gasteiger partial charge in [0, 0.05) is 44.4 Å². The number of oxazole rings is 1. The number of likely N-dealkylation sites (N-methyl/N-ethyl adjacent to an activating group) is 1. The summed E-state index contributed by atoms with van der Waals surface area (Å²) in [6, 6.07) is 21.9. The van der Waals surface area contributed by atoms with E-state index in [1.807, 2.05) is 63.2 Å². The fourth-order valence-electron chi connectivity index (χ4n) is 10.7. The molecule has 1 saturated carbocycles. The Balaban J connectivity index is 0.668. The standard InChI is InChI=1S/C67H85F2N11O11/c1-42(70-8)60(81)76-58(66(2,3)4)64(84)78-39-48-34-50(23-20-46(48)35-55(78)62(83)73-52-15-11-13-45-12-9-10-14-51(45)52)89-33-32-88-31-30-87-29-28-86-27-26-71-37-43-18-21-49(22-19-43)80-40-53(57(77-80)59(68)69)74-61(82)54-41-90-63(75-54)47-24-25-72-56(36-47)79(38-44-16-17-44)65(85)91-67(5,6)7/h9-10,12,14,18-25,34,36,40-42,44,52,55,58-59,70-71H,11,13,15-17,26-33,35,37-39H2,1-8H3,(H,73,83)(H,74,82)(H,76,81)/t42-,52+,55-,58+/m0/s1. The number of carbonyl (C=O) groups is 5. The lowest BCUT2D eigenvalue weighted by molar-refractivity contribution is -0.147. The zero-order chi connectivity index (χ0) is 64.8. The lowest BCUT2D eigenvalue weighted by atomic mass is 9.83. The van der Waals surface area contributed by atoms with Crippen molar-refractivity contribution >= 4 is 41.2 Å². The van der Waals surface area contributed by atoms with Gasteiger partial charge in [0.05, 0.1) is 69.3 Å². The summed E-state index contributed by atoms with van der Waals surface area (Å²) in [5.74, 6) is -0.309. The molecule has 91 heavy (non-hydrogen) atoms. The van der Waals surface area contributed by atoms with Crippen molar-refractivity contribution in [3.63, 3.8) is 0 Å². The number of ether oxygens (including phenoxy) is 5. The molecule has 0 spiro atoms. The summed E-state index contributed by atoms with van der Waals surface area (Å²) in [7, 11) is 1.69. The molecule has 6 aromatic rings. The Labute approximate surface area is 529 Å². The average Bonchev–Trinajstić information content (AvgIpc) is 1.46. The molecule has 3 aliphatic rings. The first kappa shape index (κ1) is 67.2. The van der Waals surface area contributed by atoms with Gasteiger partial charge in [0.2, 0.25) is 23.6 Å². The summed E-state index contributed by atoms with van der Waals surface area (Å²) in [6.45, 7) is 17.0. The minimum Gasteiger partial charge on any atom is -0.491 e. The average molecular weight is 1260 g/mol. The number of rotatable bonds is 29. The van der Waals surface area contributed by atoms with Gasteiger partial charge in [-0.3, -0.25) is 24.1 Å². The summed E-state index contributed by atoms with van der Waals surface area (Å²) in [5, 5.41) is 19.1. The molecule has 22 nitrogen and oxygen atoms in total. The van der Waals surface area contributed by atoms with Gasteiger partial charge >= 0.3 is 6.09 Å². The molecular formula is C67H85F2N11O11. The third-order valence-electron chi connectivity index (χ3n) is 16.0. The molecule has 3 aromatic heterocycles. The summed E-state index contributed by atoms with van der Waals surface area (Å²) in [4.78, 5) is 80.6. The van der Waals surface area contributed by atoms with Crippen LogP contribution in [-0.4, -0.2) is 144 Å². The van der Waals surface area contributed by atoms with Gasteiger partial charge in [-0.15, -0.1) is 0 Å². The van der Waals surface area contributed by atoms with Crippen LogP contribution in [0.3, 0.4) is 0 Å². The number of aromatic nitrogens is 4. The second-order valence-electron chi connectivity index (χ2n) is 25.2. The number of amides is 5. The summed E-state index contributed by atoms with van der Waals surface area (Å²) >= 11 is 0. The van der Waals surface area contributed by atoms with E-state index in [0.29, 0.717) is 94.4 Å². The van der Waals surface area contributed by atoms with Crippen LogP contribution in [0.25, 0.3) is 17.1 Å². The maximum absolute atomic E-state index is 14.7.